The van der Waals surface area contributed by atoms with Crippen molar-refractivity contribution in [2.45, 2.75) is 11.5 Å². The third kappa shape index (κ3) is 2.31. The van der Waals surface area contributed by atoms with Crippen LogP contribution in [0.15, 0.2) is 48.5 Å². The van der Waals surface area contributed by atoms with Crippen LogP contribution in [0.5, 0.6) is 11.5 Å². The van der Waals surface area contributed by atoms with Crippen LogP contribution in [0.2, 0.25) is 0 Å². The molecule has 27 heavy (non-hydrogen) atoms. The van der Waals surface area contributed by atoms with Gasteiger partial charge in [0.1, 0.15) is 5.54 Å². The Morgan fingerprint density at radius 3 is 2.67 bits per heavy atom. The average molecular weight is 365 g/mol. The number of anilines is 1. The monoisotopic (exact) mass is 365 g/mol. The fourth-order valence-corrected chi connectivity index (χ4v) is 4.33. The molecule has 7 heteroatoms. The number of nitrogens with zero attached hydrogens (tertiary/aromatic N) is 2. The number of likely N-dealkylation sites (N-methyl/N-ethyl adjacent to an activating group) is 1. The van der Waals surface area contributed by atoms with Crippen molar-refractivity contribution in [3.05, 3.63) is 54.1 Å². The number of imide groups is 1. The number of likely N-dealkylation sites (tertiary alicyclic amines) is 1. The van der Waals surface area contributed by atoms with Crippen LogP contribution in [0.3, 0.4) is 0 Å². The lowest BCUT2D eigenvalue weighted by molar-refractivity contribution is -0.122. The maximum absolute atomic E-state index is 13.5. The zero-order valence-corrected chi connectivity index (χ0v) is 14.8. The second kappa shape index (κ2) is 5.72. The first-order valence-electron chi connectivity index (χ1n) is 8.88. The molecule has 0 radical (unpaired) electrons. The van der Waals surface area contributed by atoms with Crippen LogP contribution in [0.4, 0.5) is 10.5 Å². The standard InChI is InChI=1S/C20H19N3O4/c1-22-10-15(13-7-8-16-17(9-13)27-12-26-16)20(11-22)18(24)23(19(25)21-20)14-5-3-2-4-6-14/h2-9,15H,10-12H2,1H3,(H,21,25)/t15-,20-/m0/s1. The molecule has 1 spiro atoms. The Hall–Kier alpha value is -3.06. The summed E-state index contributed by atoms with van der Waals surface area (Å²) in [5, 5.41) is 3.00. The summed E-state index contributed by atoms with van der Waals surface area (Å²) in [7, 11) is 1.96. The molecule has 3 aliphatic rings. The number of rotatable bonds is 2. The van der Waals surface area contributed by atoms with Crippen LogP contribution in [-0.4, -0.2) is 49.3 Å². The lowest BCUT2D eigenvalue weighted by atomic mass is 9.81. The molecule has 3 amide bonds. The molecule has 2 atom stereocenters. The number of hydrogen-bond acceptors (Lipinski definition) is 5. The molecule has 0 aromatic heterocycles. The van der Waals surface area contributed by atoms with Gasteiger partial charge in [-0.2, -0.15) is 0 Å². The number of ether oxygens (including phenoxy) is 2. The Balaban J connectivity index is 1.56. The van der Waals surface area contributed by atoms with E-state index < -0.39 is 5.54 Å². The summed E-state index contributed by atoms with van der Waals surface area (Å²) in [5.74, 6) is 0.980. The molecule has 2 aromatic rings. The van der Waals surface area contributed by atoms with Crippen molar-refractivity contribution < 1.29 is 19.1 Å². The summed E-state index contributed by atoms with van der Waals surface area (Å²) in [6, 6.07) is 14.4. The third-order valence-electron chi connectivity index (χ3n) is 5.54. The van der Waals surface area contributed by atoms with Gasteiger partial charge in [0.15, 0.2) is 11.5 Å². The van der Waals surface area contributed by atoms with Gasteiger partial charge in [-0.1, -0.05) is 24.3 Å². The van der Waals surface area contributed by atoms with Gasteiger partial charge in [0.2, 0.25) is 6.79 Å². The predicted octanol–water partition coefficient (Wildman–Crippen LogP) is 1.94. The molecule has 3 heterocycles. The van der Waals surface area contributed by atoms with Gasteiger partial charge in [0.05, 0.1) is 5.69 Å². The number of carbonyl (C=O) groups excluding carboxylic acids is 2. The highest BCUT2D eigenvalue weighted by Gasteiger charge is 2.60. The van der Waals surface area contributed by atoms with E-state index in [4.69, 9.17) is 9.47 Å². The van der Waals surface area contributed by atoms with Crippen LogP contribution in [0, 0.1) is 0 Å². The summed E-state index contributed by atoms with van der Waals surface area (Å²) in [6.07, 6.45) is 0. The van der Waals surface area contributed by atoms with E-state index in [-0.39, 0.29) is 24.6 Å². The number of amides is 3. The topological polar surface area (TPSA) is 71.1 Å². The summed E-state index contributed by atoms with van der Waals surface area (Å²) in [6.45, 7) is 1.32. The highest BCUT2D eigenvalue weighted by molar-refractivity contribution is 6.24. The molecule has 138 valence electrons. The number of benzene rings is 2. The largest absolute Gasteiger partial charge is 0.454 e. The van der Waals surface area contributed by atoms with Crippen LogP contribution >= 0.6 is 0 Å². The van der Waals surface area contributed by atoms with Crippen LogP contribution in [0.25, 0.3) is 0 Å². The fraction of sp³-hybridized carbons (Fsp3) is 0.300. The molecule has 0 saturated carbocycles. The van der Waals surface area contributed by atoms with E-state index in [0.29, 0.717) is 30.3 Å². The zero-order valence-electron chi connectivity index (χ0n) is 14.8. The Morgan fingerprint density at radius 1 is 1.07 bits per heavy atom. The lowest BCUT2D eigenvalue weighted by Crippen LogP contribution is -2.52. The van der Waals surface area contributed by atoms with Gasteiger partial charge in [0.25, 0.3) is 5.91 Å². The second-order valence-corrected chi connectivity index (χ2v) is 7.24. The minimum Gasteiger partial charge on any atom is -0.454 e. The minimum atomic E-state index is -0.991. The van der Waals surface area contributed by atoms with Crippen molar-refractivity contribution in [1.29, 1.82) is 0 Å². The van der Waals surface area contributed by atoms with Crippen LogP contribution < -0.4 is 19.7 Å². The van der Waals surface area contributed by atoms with Crippen LogP contribution in [-0.2, 0) is 4.79 Å². The number of hydrogen-bond donors (Lipinski definition) is 1. The molecule has 2 fully saturated rings. The summed E-state index contributed by atoms with van der Waals surface area (Å²) < 4.78 is 10.9. The van der Waals surface area contributed by atoms with Gasteiger partial charge < -0.3 is 19.7 Å². The number of nitrogens with one attached hydrogen (secondary N) is 1. The van der Waals surface area contributed by atoms with Crippen molar-refractivity contribution in [2.24, 2.45) is 0 Å². The van der Waals surface area contributed by atoms with E-state index in [2.05, 4.69) is 10.2 Å². The third-order valence-corrected chi connectivity index (χ3v) is 5.54. The Kier molecular flexibility index (Phi) is 3.42. The first-order valence-corrected chi connectivity index (χ1v) is 8.88. The van der Waals surface area contributed by atoms with Gasteiger partial charge in [-0.25, -0.2) is 9.69 Å². The molecule has 2 saturated heterocycles. The maximum Gasteiger partial charge on any atom is 0.329 e. The Labute approximate surface area is 156 Å². The minimum absolute atomic E-state index is 0.179. The van der Waals surface area contributed by atoms with Crippen molar-refractivity contribution in [1.82, 2.24) is 10.2 Å². The average Bonchev–Trinajstić information content (AvgIpc) is 3.32. The van der Waals surface area contributed by atoms with E-state index in [0.717, 1.165) is 5.56 Å². The first-order chi connectivity index (χ1) is 13.1. The molecule has 3 aliphatic heterocycles. The van der Waals surface area contributed by atoms with Gasteiger partial charge in [-0.3, -0.25) is 4.79 Å². The molecule has 7 nitrogen and oxygen atoms in total. The van der Waals surface area contributed by atoms with Crippen molar-refractivity contribution in [3.63, 3.8) is 0 Å². The van der Waals surface area contributed by atoms with Crippen molar-refractivity contribution >= 4 is 17.6 Å². The lowest BCUT2D eigenvalue weighted by Gasteiger charge is -2.28. The molecule has 0 bridgehead atoms. The van der Waals surface area contributed by atoms with Crippen LogP contribution in [0.1, 0.15) is 11.5 Å². The Morgan fingerprint density at radius 2 is 1.85 bits per heavy atom. The number of fused-ring (bicyclic) bond motifs is 1. The first kappa shape index (κ1) is 16.1. The van der Waals surface area contributed by atoms with Gasteiger partial charge in [-0.05, 0) is 36.9 Å². The molecule has 1 N–H and O–H groups in total. The van der Waals surface area contributed by atoms with E-state index in [1.54, 1.807) is 12.1 Å². The van der Waals surface area contributed by atoms with E-state index in [9.17, 15) is 9.59 Å². The Bertz CT molecular complexity index is 932. The normalized spacial score (nSPS) is 26.9. The summed E-state index contributed by atoms with van der Waals surface area (Å²) >= 11 is 0. The maximum atomic E-state index is 13.5. The van der Waals surface area contributed by atoms with Gasteiger partial charge in [0, 0.05) is 19.0 Å². The highest BCUT2D eigenvalue weighted by Crippen LogP contribution is 2.43. The SMILES string of the molecule is CN1C[C@@H](c2ccc3c(c2)OCO3)[C@]2(C1)NC(=O)N(c1ccccc1)C2=O. The zero-order chi connectivity index (χ0) is 18.6. The number of para-hydroxylation sites is 1. The second-order valence-electron chi connectivity index (χ2n) is 7.24. The van der Waals surface area contributed by atoms with E-state index >= 15 is 0 Å². The quantitative estimate of drug-likeness (QED) is 0.824. The van der Waals surface area contributed by atoms with Crippen molar-refractivity contribution in [2.75, 3.05) is 31.8 Å². The van der Waals surface area contributed by atoms with Gasteiger partial charge in [-0.15, -0.1) is 0 Å². The molecular formula is C20H19N3O4. The van der Waals surface area contributed by atoms with Crippen molar-refractivity contribution in [3.8, 4) is 11.5 Å². The fourth-order valence-electron chi connectivity index (χ4n) is 4.33. The molecule has 2 aromatic carbocycles. The predicted molar refractivity (Wildman–Crippen MR) is 98.0 cm³/mol. The number of urea groups is 1. The molecular weight excluding hydrogens is 346 g/mol. The smallest absolute Gasteiger partial charge is 0.329 e. The van der Waals surface area contributed by atoms with E-state index in [1.807, 2.05) is 43.4 Å². The number of carbonyl (C=O) groups is 2. The summed E-state index contributed by atoms with van der Waals surface area (Å²) in [5.41, 5.74) is 0.540. The molecule has 0 aliphatic carbocycles. The summed E-state index contributed by atoms with van der Waals surface area (Å²) in [4.78, 5) is 29.5. The molecule has 0 unspecified atom stereocenters. The molecule has 5 rings (SSSR count). The highest BCUT2D eigenvalue weighted by atomic mass is 16.7. The van der Waals surface area contributed by atoms with E-state index in [1.165, 1.54) is 4.90 Å². The van der Waals surface area contributed by atoms with Gasteiger partial charge >= 0.3 is 6.03 Å².